The molecule has 0 atom stereocenters. The van der Waals surface area contributed by atoms with Gasteiger partial charge in [-0.3, -0.25) is 4.18 Å². The number of ether oxygens (including phenoxy) is 1. The van der Waals surface area contributed by atoms with Crippen molar-refractivity contribution >= 4 is 22.7 Å². The second kappa shape index (κ2) is 4.83. The van der Waals surface area contributed by atoms with E-state index < -0.39 is 17.2 Å². The largest absolute Gasteiger partial charge is 0.495 e. The van der Waals surface area contributed by atoms with E-state index in [4.69, 9.17) is 14.8 Å². The summed E-state index contributed by atoms with van der Waals surface area (Å²) in [5.41, 5.74) is 0.131. The molecule has 0 bridgehead atoms. The molecule has 0 radical (unpaired) electrons. The number of rotatable bonds is 4. The summed E-state index contributed by atoms with van der Waals surface area (Å²) in [4.78, 5) is -0.165. The van der Waals surface area contributed by atoms with Gasteiger partial charge in [0.2, 0.25) is 0 Å². The van der Waals surface area contributed by atoms with Crippen molar-refractivity contribution in [3.05, 3.63) is 18.2 Å². The zero-order valence-electron chi connectivity index (χ0n) is 8.75. The van der Waals surface area contributed by atoms with E-state index >= 15 is 0 Å². The Kier molecular flexibility index (Phi) is 3.92. The van der Waals surface area contributed by atoms with E-state index in [0.29, 0.717) is 0 Å². The van der Waals surface area contributed by atoms with Crippen molar-refractivity contribution in [2.24, 2.45) is 0 Å². The molecule has 0 saturated carbocycles. The van der Waals surface area contributed by atoms with Gasteiger partial charge in [-0.05, 0) is 17.6 Å². The Morgan fingerprint density at radius 1 is 1.25 bits per heavy atom. The standard InChI is InChI=1S/C8H11BO6S/c1-14-7-5-6(9(10)11)3-4-8(7)16(12,13)15-2/h3-5,10-11H,1-2H3. The molecule has 0 aromatic heterocycles. The number of hydrogen-bond donors (Lipinski definition) is 2. The fraction of sp³-hybridized carbons (Fsp3) is 0.250. The Bertz CT molecular complexity index is 469. The first-order valence-corrected chi connectivity index (χ1v) is 5.68. The number of methoxy groups -OCH3 is 1. The topological polar surface area (TPSA) is 93.1 Å². The minimum absolute atomic E-state index is 0.00699. The zero-order valence-corrected chi connectivity index (χ0v) is 9.56. The summed E-state index contributed by atoms with van der Waals surface area (Å²) in [5.74, 6) is -0.00699. The molecule has 16 heavy (non-hydrogen) atoms. The van der Waals surface area contributed by atoms with Crippen LogP contribution < -0.4 is 10.2 Å². The highest BCUT2D eigenvalue weighted by Crippen LogP contribution is 2.23. The van der Waals surface area contributed by atoms with E-state index in [1.807, 2.05) is 0 Å². The Labute approximate surface area is 93.7 Å². The van der Waals surface area contributed by atoms with Crippen molar-refractivity contribution in [2.45, 2.75) is 4.90 Å². The molecule has 0 spiro atoms. The third kappa shape index (κ3) is 2.53. The smallest absolute Gasteiger partial charge is 0.488 e. The maximum Gasteiger partial charge on any atom is 0.488 e. The molecule has 0 aliphatic heterocycles. The quantitative estimate of drug-likeness (QED) is 0.507. The lowest BCUT2D eigenvalue weighted by Gasteiger charge is -2.09. The molecule has 6 nitrogen and oxygen atoms in total. The summed E-state index contributed by atoms with van der Waals surface area (Å²) in [6.07, 6.45) is 0. The number of hydrogen-bond acceptors (Lipinski definition) is 6. The average molecular weight is 246 g/mol. The molecular weight excluding hydrogens is 235 g/mol. The SMILES string of the molecule is COc1cc(B(O)O)ccc1S(=O)(=O)OC. The van der Waals surface area contributed by atoms with Crippen molar-refractivity contribution < 1.29 is 27.4 Å². The van der Waals surface area contributed by atoms with E-state index in [1.54, 1.807) is 0 Å². The van der Waals surface area contributed by atoms with Gasteiger partial charge in [0.25, 0.3) is 10.1 Å². The van der Waals surface area contributed by atoms with Gasteiger partial charge in [0, 0.05) is 0 Å². The highest BCUT2D eigenvalue weighted by molar-refractivity contribution is 7.86. The van der Waals surface area contributed by atoms with Gasteiger partial charge in [-0.1, -0.05) is 6.07 Å². The molecule has 0 amide bonds. The first-order valence-electron chi connectivity index (χ1n) is 4.27. The minimum Gasteiger partial charge on any atom is -0.495 e. The van der Waals surface area contributed by atoms with Gasteiger partial charge >= 0.3 is 7.12 Å². The lowest BCUT2D eigenvalue weighted by Crippen LogP contribution is -2.30. The molecule has 1 aromatic rings. The van der Waals surface area contributed by atoms with Crippen LogP contribution in [0.2, 0.25) is 0 Å². The monoisotopic (exact) mass is 246 g/mol. The minimum atomic E-state index is -3.87. The maximum absolute atomic E-state index is 11.4. The van der Waals surface area contributed by atoms with E-state index in [-0.39, 0.29) is 16.1 Å². The van der Waals surface area contributed by atoms with Crippen LogP contribution in [0.4, 0.5) is 0 Å². The molecule has 88 valence electrons. The Morgan fingerprint density at radius 2 is 1.88 bits per heavy atom. The molecular formula is C8H11BO6S. The summed E-state index contributed by atoms with van der Waals surface area (Å²) in [6, 6.07) is 3.67. The van der Waals surface area contributed by atoms with Crippen LogP contribution in [0, 0.1) is 0 Å². The van der Waals surface area contributed by atoms with Crippen LogP contribution in [0.15, 0.2) is 23.1 Å². The molecule has 0 saturated heterocycles. The van der Waals surface area contributed by atoms with Crippen LogP contribution >= 0.6 is 0 Å². The zero-order chi connectivity index (χ0) is 12.3. The van der Waals surface area contributed by atoms with Crippen molar-refractivity contribution in [3.8, 4) is 5.75 Å². The molecule has 2 N–H and O–H groups in total. The van der Waals surface area contributed by atoms with Crippen molar-refractivity contribution in [2.75, 3.05) is 14.2 Å². The van der Waals surface area contributed by atoms with E-state index in [0.717, 1.165) is 7.11 Å². The van der Waals surface area contributed by atoms with Gasteiger partial charge in [0.1, 0.15) is 10.6 Å². The third-order valence-electron chi connectivity index (χ3n) is 1.97. The first-order chi connectivity index (χ1) is 7.42. The van der Waals surface area contributed by atoms with E-state index in [9.17, 15) is 8.42 Å². The van der Waals surface area contributed by atoms with Crippen molar-refractivity contribution in [1.29, 1.82) is 0 Å². The summed E-state index contributed by atoms with van der Waals surface area (Å²) in [5, 5.41) is 17.8. The Hall–Kier alpha value is -1.09. The molecule has 1 rings (SSSR count). The summed E-state index contributed by atoms with van der Waals surface area (Å²) in [7, 11) is -3.25. The Balaban J connectivity index is 3.33. The van der Waals surface area contributed by atoms with Crippen molar-refractivity contribution in [1.82, 2.24) is 0 Å². The van der Waals surface area contributed by atoms with Gasteiger partial charge in [-0.15, -0.1) is 0 Å². The van der Waals surface area contributed by atoms with Crippen LogP contribution in [-0.2, 0) is 14.3 Å². The fourth-order valence-electron chi connectivity index (χ4n) is 1.14. The molecule has 0 aliphatic carbocycles. The normalized spacial score (nSPS) is 11.2. The Morgan fingerprint density at radius 3 is 2.31 bits per heavy atom. The molecule has 1 aromatic carbocycles. The molecule has 0 fully saturated rings. The number of benzene rings is 1. The molecule has 8 heteroatoms. The predicted octanol–water partition coefficient (Wildman–Crippen LogP) is -1.29. The van der Waals surface area contributed by atoms with Crippen molar-refractivity contribution in [3.63, 3.8) is 0 Å². The van der Waals surface area contributed by atoms with Crippen LogP contribution in [0.1, 0.15) is 0 Å². The lowest BCUT2D eigenvalue weighted by molar-refractivity contribution is 0.377. The van der Waals surface area contributed by atoms with Gasteiger partial charge in [0.15, 0.2) is 0 Å². The molecule has 0 heterocycles. The molecule has 0 aliphatic rings. The predicted molar refractivity (Wildman–Crippen MR) is 57.0 cm³/mol. The van der Waals surface area contributed by atoms with Crippen LogP contribution in [0.3, 0.4) is 0 Å². The summed E-state index contributed by atoms with van der Waals surface area (Å²) >= 11 is 0. The maximum atomic E-state index is 11.4. The fourth-order valence-corrected chi connectivity index (χ4v) is 1.94. The van der Waals surface area contributed by atoms with Gasteiger partial charge in [-0.2, -0.15) is 8.42 Å². The first kappa shape index (κ1) is 13.0. The van der Waals surface area contributed by atoms with Gasteiger partial charge in [-0.25, -0.2) is 0 Å². The van der Waals surface area contributed by atoms with Crippen LogP contribution in [0.5, 0.6) is 5.75 Å². The van der Waals surface area contributed by atoms with Crippen LogP contribution in [-0.4, -0.2) is 39.8 Å². The van der Waals surface area contributed by atoms with Gasteiger partial charge in [0.05, 0.1) is 14.2 Å². The second-order valence-electron chi connectivity index (χ2n) is 2.90. The average Bonchev–Trinajstić information content (AvgIpc) is 2.28. The van der Waals surface area contributed by atoms with E-state index in [1.165, 1.54) is 25.3 Å². The van der Waals surface area contributed by atoms with Gasteiger partial charge < -0.3 is 14.8 Å². The highest BCUT2D eigenvalue weighted by Gasteiger charge is 2.21. The second-order valence-corrected chi connectivity index (χ2v) is 4.59. The van der Waals surface area contributed by atoms with Crippen LogP contribution in [0.25, 0.3) is 0 Å². The summed E-state index contributed by atoms with van der Waals surface area (Å²) in [6.45, 7) is 0. The summed E-state index contributed by atoms with van der Waals surface area (Å²) < 4.78 is 32.0. The third-order valence-corrected chi connectivity index (χ3v) is 3.29. The lowest BCUT2D eigenvalue weighted by atomic mass is 9.80. The highest BCUT2D eigenvalue weighted by atomic mass is 32.2. The van der Waals surface area contributed by atoms with E-state index in [2.05, 4.69) is 4.18 Å². The molecule has 0 unspecified atom stereocenters.